The Hall–Kier alpha value is -4.05. The predicted octanol–water partition coefficient (Wildman–Crippen LogP) is 12.4. The zero-order chi connectivity index (χ0) is 48.9. The van der Waals surface area contributed by atoms with Crippen LogP contribution in [0, 0.1) is 22.7 Å². The molecule has 0 saturated heterocycles. The molecule has 1 aliphatic rings. The van der Waals surface area contributed by atoms with Gasteiger partial charge in [0.2, 0.25) is 0 Å². The molecule has 0 saturated carbocycles. The standard InChI is InChI=1S/C56H84O9/c1-17-37(3)51(59)64-31-29-62-27-25-61-26-28-63-30-32-65-52(60)38(4)19-20-39(18-2)40-21-23-41(24-22-40)48(42-33-44(53(5,6)7)49(57)45(34-42)54(8,9)10)43-35-46(55(11,12)13)50(58)47(36-43)56(14,15)16/h21-24,33-39,57H,17-20,25-32H2,1-16H3. The van der Waals surface area contributed by atoms with Gasteiger partial charge in [-0.2, -0.15) is 0 Å². The van der Waals surface area contributed by atoms with E-state index in [0.717, 1.165) is 63.8 Å². The summed E-state index contributed by atoms with van der Waals surface area (Å²) in [6.45, 7) is 35.9. The number of carbonyl (C=O) groups excluding carboxylic acids is 3. The zero-order valence-corrected chi connectivity index (χ0v) is 43.0. The molecule has 0 spiro atoms. The topological polar surface area (TPSA) is 118 Å². The summed E-state index contributed by atoms with van der Waals surface area (Å²) in [5.41, 5.74) is 7.15. The first-order chi connectivity index (χ1) is 30.2. The van der Waals surface area contributed by atoms with E-state index in [2.05, 4.69) is 139 Å². The maximum Gasteiger partial charge on any atom is 0.308 e. The van der Waals surface area contributed by atoms with E-state index in [4.69, 9.17) is 23.7 Å². The number of benzene rings is 2. The third-order valence-corrected chi connectivity index (χ3v) is 12.2. The van der Waals surface area contributed by atoms with E-state index in [1.165, 1.54) is 5.56 Å². The Bertz CT molecular complexity index is 1920. The quantitative estimate of drug-likeness (QED) is 0.0910. The van der Waals surface area contributed by atoms with Crippen LogP contribution in [0.25, 0.3) is 5.57 Å². The predicted molar refractivity (Wildman–Crippen MR) is 263 cm³/mol. The summed E-state index contributed by atoms with van der Waals surface area (Å²) in [5, 5.41) is 11.7. The number of hydrogen-bond donors (Lipinski definition) is 1. The van der Waals surface area contributed by atoms with Gasteiger partial charge in [-0.3, -0.25) is 14.4 Å². The van der Waals surface area contributed by atoms with Gasteiger partial charge in [-0.15, -0.1) is 0 Å². The van der Waals surface area contributed by atoms with Gasteiger partial charge in [0.15, 0.2) is 5.78 Å². The number of ketones is 1. The largest absolute Gasteiger partial charge is 0.507 e. The monoisotopic (exact) mass is 901 g/mol. The molecule has 0 aliphatic heterocycles. The second-order valence-electron chi connectivity index (χ2n) is 21.9. The van der Waals surface area contributed by atoms with Crippen molar-refractivity contribution in [3.05, 3.63) is 93.1 Å². The molecular formula is C56H84O9. The van der Waals surface area contributed by atoms with Crippen LogP contribution in [-0.2, 0) is 48.9 Å². The van der Waals surface area contributed by atoms with Crippen molar-refractivity contribution in [2.75, 3.05) is 52.9 Å². The maximum absolute atomic E-state index is 14.1. The molecule has 65 heavy (non-hydrogen) atoms. The lowest BCUT2D eigenvalue weighted by Crippen LogP contribution is -2.28. The van der Waals surface area contributed by atoms with Crippen LogP contribution in [0.3, 0.4) is 0 Å². The zero-order valence-electron chi connectivity index (χ0n) is 43.0. The van der Waals surface area contributed by atoms with E-state index < -0.39 is 0 Å². The van der Waals surface area contributed by atoms with Gasteiger partial charge in [-0.25, -0.2) is 0 Å². The van der Waals surface area contributed by atoms with Gasteiger partial charge in [0, 0.05) is 22.3 Å². The van der Waals surface area contributed by atoms with Crippen molar-refractivity contribution in [2.45, 2.75) is 153 Å². The fourth-order valence-corrected chi connectivity index (χ4v) is 7.80. The third kappa shape index (κ3) is 16.4. The Labute approximate surface area is 392 Å². The Morgan fingerprint density at radius 3 is 1.35 bits per heavy atom. The molecule has 0 bridgehead atoms. The Morgan fingerprint density at radius 2 is 0.969 bits per heavy atom. The molecule has 0 aromatic heterocycles. The van der Waals surface area contributed by atoms with Crippen LogP contribution in [0.2, 0.25) is 0 Å². The summed E-state index contributed by atoms with van der Waals surface area (Å²) in [4.78, 5) is 38.7. The highest BCUT2D eigenvalue weighted by Gasteiger charge is 2.36. The molecule has 3 rings (SSSR count). The Kier molecular flexibility index (Phi) is 20.5. The second-order valence-corrected chi connectivity index (χ2v) is 21.9. The number of esters is 2. The molecule has 2 aromatic rings. The van der Waals surface area contributed by atoms with Gasteiger partial charge in [0.25, 0.3) is 0 Å². The third-order valence-electron chi connectivity index (χ3n) is 12.2. The van der Waals surface area contributed by atoms with Crippen LogP contribution < -0.4 is 0 Å². The Balaban J connectivity index is 1.74. The van der Waals surface area contributed by atoms with Crippen molar-refractivity contribution in [3.8, 4) is 5.75 Å². The van der Waals surface area contributed by atoms with Crippen LogP contribution in [0.4, 0.5) is 0 Å². The number of carbonyl (C=O) groups is 3. The normalized spacial score (nSPS) is 15.3. The SMILES string of the molecule is CCC(C)C(=O)OCCOCCOCCOCCOC(=O)C(C)CCC(CC)c1ccc(C(=C2C=C(C(C)(C)C)C(=O)C(C(C)(C)C)=C2)c2cc(C(C)(C)C)c(O)c(C(C)(C)C)c2)cc1. The lowest BCUT2D eigenvalue weighted by atomic mass is 9.70. The van der Waals surface area contributed by atoms with E-state index in [-0.39, 0.29) is 77.0 Å². The number of aromatic hydroxyl groups is 1. The van der Waals surface area contributed by atoms with E-state index in [1.807, 2.05) is 20.8 Å². The molecule has 3 atom stereocenters. The minimum absolute atomic E-state index is 0.0908. The summed E-state index contributed by atoms with van der Waals surface area (Å²) in [6, 6.07) is 13.1. The van der Waals surface area contributed by atoms with Crippen LogP contribution in [-0.4, -0.2) is 75.7 Å². The first kappa shape index (κ1) is 55.3. The highest BCUT2D eigenvalue weighted by atomic mass is 16.6. The van der Waals surface area contributed by atoms with Gasteiger partial charge in [-0.1, -0.05) is 135 Å². The molecule has 0 heterocycles. The van der Waals surface area contributed by atoms with Crippen LogP contribution in [0.1, 0.15) is 170 Å². The molecule has 2 aromatic carbocycles. The first-order valence-electron chi connectivity index (χ1n) is 24.0. The van der Waals surface area contributed by atoms with Gasteiger partial charge >= 0.3 is 11.9 Å². The molecule has 362 valence electrons. The maximum atomic E-state index is 14.1. The van der Waals surface area contributed by atoms with E-state index in [0.29, 0.717) is 45.2 Å². The number of rotatable bonds is 22. The summed E-state index contributed by atoms with van der Waals surface area (Å²) >= 11 is 0. The number of hydrogen-bond acceptors (Lipinski definition) is 9. The number of phenols is 1. The lowest BCUT2D eigenvalue weighted by molar-refractivity contribution is -0.150. The van der Waals surface area contributed by atoms with Crippen molar-refractivity contribution in [2.24, 2.45) is 22.7 Å². The summed E-state index contributed by atoms with van der Waals surface area (Å²) in [7, 11) is 0. The minimum atomic E-state index is -0.378. The molecular weight excluding hydrogens is 817 g/mol. The fraction of sp³-hybridized carbons (Fsp3) is 0.625. The van der Waals surface area contributed by atoms with Gasteiger partial charge in [0.05, 0.1) is 51.5 Å². The smallest absolute Gasteiger partial charge is 0.308 e. The molecule has 9 nitrogen and oxygen atoms in total. The molecule has 1 N–H and O–H groups in total. The van der Waals surface area contributed by atoms with Crippen molar-refractivity contribution < 1.29 is 43.2 Å². The number of phenolic OH excluding ortho intramolecular Hbond substituents is 1. The van der Waals surface area contributed by atoms with Crippen LogP contribution in [0.15, 0.2) is 65.3 Å². The van der Waals surface area contributed by atoms with Crippen LogP contribution >= 0.6 is 0 Å². The lowest BCUT2D eigenvalue weighted by Gasteiger charge is -2.32. The summed E-state index contributed by atoms with van der Waals surface area (Å²) in [6.07, 6.45) is 7.38. The molecule has 0 fully saturated rings. The number of ether oxygens (including phenoxy) is 5. The molecule has 0 amide bonds. The number of allylic oxidation sites excluding steroid dienone is 5. The van der Waals surface area contributed by atoms with Crippen LogP contribution in [0.5, 0.6) is 5.75 Å². The van der Waals surface area contributed by atoms with Crippen molar-refractivity contribution in [1.82, 2.24) is 0 Å². The molecule has 1 aliphatic carbocycles. The van der Waals surface area contributed by atoms with E-state index in [1.54, 1.807) is 0 Å². The second kappa shape index (κ2) is 24.1. The number of Topliss-reactive ketones (excluding diaryl/α,β-unsaturated/α-hetero) is 1. The van der Waals surface area contributed by atoms with Crippen molar-refractivity contribution in [3.63, 3.8) is 0 Å². The Morgan fingerprint density at radius 1 is 0.554 bits per heavy atom. The van der Waals surface area contributed by atoms with E-state index in [9.17, 15) is 19.5 Å². The highest BCUT2D eigenvalue weighted by molar-refractivity contribution is 6.12. The highest BCUT2D eigenvalue weighted by Crippen LogP contribution is 2.46. The summed E-state index contributed by atoms with van der Waals surface area (Å²) in [5.74, 6) is -0.123. The molecule has 3 unspecified atom stereocenters. The molecule has 9 heteroatoms. The summed E-state index contributed by atoms with van der Waals surface area (Å²) < 4.78 is 27.3. The molecule has 0 radical (unpaired) electrons. The van der Waals surface area contributed by atoms with Gasteiger partial charge in [0.1, 0.15) is 19.0 Å². The minimum Gasteiger partial charge on any atom is -0.507 e. The van der Waals surface area contributed by atoms with Gasteiger partial charge < -0.3 is 28.8 Å². The average molecular weight is 901 g/mol. The first-order valence-corrected chi connectivity index (χ1v) is 24.0. The van der Waals surface area contributed by atoms with Crippen molar-refractivity contribution >= 4 is 23.3 Å². The van der Waals surface area contributed by atoms with E-state index >= 15 is 0 Å². The van der Waals surface area contributed by atoms with Crippen molar-refractivity contribution in [1.29, 1.82) is 0 Å². The van der Waals surface area contributed by atoms with Gasteiger partial charge in [-0.05, 0) is 105 Å². The average Bonchev–Trinajstić information content (AvgIpc) is 3.21. The fourth-order valence-electron chi connectivity index (χ4n) is 7.80.